The number of aryl methyl sites for hydroxylation is 1. The summed E-state index contributed by atoms with van der Waals surface area (Å²) >= 11 is 0. The number of benzene rings is 2. The quantitative estimate of drug-likeness (QED) is 0.754. The van der Waals surface area contributed by atoms with Crippen LogP contribution in [-0.2, 0) is 16.4 Å². The zero-order valence-corrected chi connectivity index (χ0v) is 13.5. The van der Waals surface area contributed by atoms with Gasteiger partial charge in [-0.15, -0.1) is 0 Å². The van der Waals surface area contributed by atoms with Crippen LogP contribution in [0.3, 0.4) is 0 Å². The van der Waals surface area contributed by atoms with Crippen LogP contribution in [0.1, 0.15) is 11.1 Å². The minimum absolute atomic E-state index is 0.206. The summed E-state index contributed by atoms with van der Waals surface area (Å²) in [5, 5.41) is 1.08. The number of H-pyrrole nitrogens is 1. The Morgan fingerprint density at radius 1 is 1.17 bits per heavy atom. The molecule has 0 aliphatic rings. The van der Waals surface area contributed by atoms with E-state index in [1.54, 1.807) is 0 Å². The molecule has 0 unspecified atom stereocenters. The minimum Gasteiger partial charge on any atom is -0.361 e. The number of aromatic amines is 1. The molecule has 0 atom stereocenters. The molecule has 3 aromatic rings. The molecule has 6 heteroatoms. The summed E-state index contributed by atoms with van der Waals surface area (Å²) < 4.78 is 40.3. The zero-order valence-electron chi connectivity index (χ0n) is 12.6. The van der Waals surface area contributed by atoms with E-state index in [4.69, 9.17) is 0 Å². The van der Waals surface area contributed by atoms with Gasteiger partial charge in [0.1, 0.15) is 10.7 Å². The maximum absolute atomic E-state index is 13.6. The second kappa shape index (κ2) is 6.14. The number of halogens is 1. The molecule has 0 fully saturated rings. The van der Waals surface area contributed by atoms with Gasteiger partial charge in [-0.3, -0.25) is 0 Å². The molecule has 2 N–H and O–H groups in total. The Kier molecular flexibility index (Phi) is 4.19. The highest BCUT2D eigenvalue weighted by Gasteiger charge is 2.17. The van der Waals surface area contributed by atoms with Gasteiger partial charge in [0.2, 0.25) is 10.0 Å². The van der Waals surface area contributed by atoms with Crippen molar-refractivity contribution in [1.82, 2.24) is 9.71 Å². The molecule has 0 aliphatic carbocycles. The highest BCUT2D eigenvalue weighted by Crippen LogP contribution is 2.20. The van der Waals surface area contributed by atoms with E-state index in [2.05, 4.69) is 15.8 Å². The van der Waals surface area contributed by atoms with Crippen LogP contribution in [0, 0.1) is 12.7 Å². The number of hydrogen-bond donors (Lipinski definition) is 2. The first-order valence-corrected chi connectivity index (χ1v) is 8.76. The Bertz CT molecular complexity index is 948. The number of nitrogens with one attached hydrogen (secondary N) is 2. The van der Waals surface area contributed by atoms with Crippen molar-refractivity contribution in [2.75, 3.05) is 6.54 Å². The highest BCUT2D eigenvalue weighted by molar-refractivity contribution is 7.89. The molecule has 0 radical (unpaired) electrons. The molecular formula is C17H17FN2O2S. The largest absolute Gasteiger partial charge is 0.361 e. The summed E-state index contributed by atoms with van der Waals surface area (Å²) in [6, 6.07) is 11.4. The van der Waals surface area contributed by atoms with Gasteiger partial charge in [0.15, 0.2) is 0 Å². The maximum atomic E-state index is 13.6. The fourth-order valence-electron chi connectivity index (χ4n) is 2.56. The summed E-state index contributed by atoms with van der Waals surface area (Å²) in [5.41, 5.74) is 3.19. The van der Waals surface area contributed by atoms with E-state index in [1.165, 1.54) is 18.2 Å². The lowest BCUT2D eigenvalue weighted by molar-refractivity contribution is 0.557. The van der Waals surface area contributed by atoms with E-state index >= 15 is 0 Å². The van der Waals surface area contributed by atoms with E-state index in [0.29, 0.717) is 6.42 Å². The first-order chi connectivity index (χ1) is 11.0. The van der Waals surface area contributed by atoms with Crippen molar-refractivity contribution in [3.8, 4) is 0 Å². The lowest BCUT2D eigenvalue weighted by Gasteiger charge is -2.07. The smallest absolute Gasteiger partial charge is 0.243 e. The molecule has 0 bridgehead atoms. The second-order valence-electron chi connectivity index (χ2n) is 5.44. The molecule has 0 saturated heterocycles. The molecule has 0 aliphatic heterocycles. The number of sulfonamides is 1. The Hall–Kier alpha value is -2.18. The minimum atomic E-state index is -3.84. The molecule has 1 heterocycles. The number of fused-ring (bicyclic) bond motifs is 1. The predicted molar refractivity (Wildman–Crippen MR) is 88.3 cm³/mol. The van der Waals surface area contributed by atoms with Crippen LogP contribution in [-0.4, -0.2) is 19.9 Å². The summed E-state index contributed by atoms with van der Waals surface area (Å²) in [5.74, 6) is -0.747. The molecule has 0 saturated carbocycles. The Morgan fingerprint density at radius 2 is 1.96 bits per heavy atom. The monoisotopic (exact) mass is 332 g/mol. The molecular weight excluding hydrogens is 315 g/mol. The molecule has 1 aromatic heterocycles. The average Bonchev–Trinajstić information content (AvgIpc) is 2.90. The number of rotatable bonds is 5. The standard InChI is InChI=1S/C17H17FN2O2S/c1-12-6-7-16-14(10-12)13(11-19-16)8-9-20-23(21,22)17-5-3-2-4-15(17)18/h2-7,10-11,19-20H,8-9H2,1H3. The van der Waals surface area contributed by atoms with Gasteiger partial charge in [0.05, 0.1) is 0 Å². The van der Waals surface area contributed by atoms with Crippen LogP contribution < -0.4 is 4.72 Å². The summed E-state index contributed by atoms with van der Waals surface area (Å²) in [4.78, 5) is 2.84. The van der Waals surface area contributed by atoms with E-state index in [0.717, 1.165) is 28.1 Å². The molecule has 4 nitrogen and oxygen atoms in total. The summed E-state index contributed by atoms with van der Waals surface area (Å²) in [6.07, 6.45) is 2.40. The van der Waals surface area contributed by atoms with Crippen molar-refractivity contribution >= 4 is 20.9 Å². The Labute approximate surface area is 134 Å². The molecule has 0 spiro atoms. The van der Waals surface area contributed by atoms with Gasteiger partial charge >= 0.3 is 0 Å². The predicted octanol–water partition coefficient (Wildman–Crippen LogP) is 3.14. The molecule has 120 valence electrons. The van der Waals surface area contributed by atoms with Crippen LogP contribution in [0.5, 0.6) is 0 Å². The van der Waals surface area contributed by atoms with Gasteiger partial charge in [-0.25, -0.2) is 17.5 Å². The topological polar surface area (TPSA) is 62.0 Å². The van der Waals surface area contributed by atoms with Gasteiger partial charge in [-0.1, -0.05) is 23.8 Å². The molecule has 0 amide bonds. The number of hydrogen-bond acceptors (Lipinski definition) is 2. The van der Waals surface area contributed by atoms with Crippen molar-refractivity contribution < 1.29 is 12.8 Å². The maximum Gasteiger partial charge on any atom is 0.243 e. The molecule has 23 heavy (non-hydrogen) atoms. The Morgan fingerprint density at radius 3 is 2.74 bits per heavy atom. The zero-order chi connectivity index (χ0) is 16.4. The lowest BCUT2D eigenvalue weighted by Crippen LogP contribution is -2.26. The van der Waals surface area contributed by atoms with Crippen molar-refractivity contribution in [3.63, 3.8) is 0 Å². The summed E-state index contributed by atoms with van der Waals surface area (Å²) in [6.45, 7) is 2.22. The van der Waals surface area contributed by atoms with Crippen molar-refractivity contribution in [2.24, 2.45) is 0 Å². The third-order valence-corrected chi connectivity index (χ3v) is 5.23. The van der Waals surface area contributed by atoms with Crippen LogP contribution in [0.2, 0.25) is 0 Å². The van der Waals surface area contributed by atoms with Crippen LogP contribution in [0.25, 0.3) is 10.9 Å². The second-order valence-corrected chi connectivity index (χ2v) is 7.18. The van der Waals surface area contributed by atoms with E-state index in [9.17, 15) is 12.8 Å². The molecule has 2 aromatic carbocycles. The fraction of sp³-hybridized carbons (Fsp3) is 0.176. The SMILES string of the molecule is Cc1ccc2[nH]cc(CCNS(=O)(=O)c3ccccc3F)c2c1. The van der Waals surface area contributed by atoms with E-state index < -0.39 is 15.8 Å². The van der Waals surface area contributed by atoms with Gasteiger partial charge in [0.25, 0.3) is 0 Å². The third-order valence-electron chi connectivity index (χ3n) is 3.74. The third kappa shape index (κ3) is 3.28. The lowest BCUT2D eigenvalue weighted by atomic mass is 10.1. The van der Waals surface area contributed by atoms with Crippen LogP contribution in [0.15, 0.2) is 53.6 Å². The molecule has 3 rings (SSSR count). The summed E-state index contributed by atoms with van der Waals surface area (Å²) in [7, 11) is -3.84. The Balaban J connectivity index is 1.74. The van der Waals surface area contributed by atoms with Crippen LogP contribution in [0.4, 0.5) is 4.39 Å². The average molecular weight is 332 g/mol. The first kappa shape index (κ1) is 15.7. The van der Waals surface area contributed by atoms with Gasteiger partial charge in [-0.05, 0) is 43.2 Å². The van der Waals surface area contributed by atoms with E-state index in [1.807, 2.05) is 25.3 Å². The number of aromatic nitrogens is 1. The fourth-order valence-corrected chi connectivity index (χ4v) is 3.67. The van der Waals surface area contributed by atoms with Gasteiger partial charge in [0, 0.05) is 23.6 Å². The first-order valence-electron chi connectivity index (χ1n) is 7.28. The van der Waals surface area contributed by atoms with Crippen molar-refractivity contribution in [2.45, 2.75) is 18.2 Å². The van der Waals surface area contributed by atoms with Crippen molar-refractivity contribution in [1.29, 1.82) is 0 Å². The highest BCUT2D eigenvalue weighted by atomic mass is 32.2. The van der Waals surface area contributed by atoms with Crippen molar-refractivity contribution in [3.05, 3.63) is 65.6 Å². The van der Waals surface area contributed by atoms with Gasteiger partial charge in [-0.2, -0.15) is 0 Å². The van der Waals surface area contributed by atoms with E-state index in [-0.39, 0.29) is 11.4 Å². The van der Waals surface area contributed by atoms with Gasteiger partial charge < -0.3 is 4.98 Å². The van der Waals surface area contributed by atoms with Crippen LogP contribution >= 0.6 is 0 Å². The normalized spacial score (nSPS) is 11.9.